The average molecular weight is 451 g/mol. The molecule has 7 nitrogen and oxygen atoms in total. The Hall–Kier alpha value is -3.13. The van der Waals surface area contributed by atoms with Crippen LogP contribution in [0.1, 0.15) is 34.3 Å². The van der Waals surface area contributed by atoms with E-state index < -0.39 is 0 Å². The maximum absolute atomic E-state index is 12.9. The van der Waals surface area contributed by atoms with Gasteiger partial charge >= 0.3 is 0 Å². The van der Waals surface area contributed by atoms with Gasteiger partial charge < -0.3 is 20.7 Å². The summed E-state index contributed by atoms with van der Waals surface area (Å²) in [4.78, 5) is 32.6. The van der Waals surface area contributed by atoms with Gasteiger partial charge in [0.15, 0.2) is 0 Å². The van der Waals surface area contributed by atoms with Crippen molar-refractivity contribution in [3.8, 4) is 5.75 Å². The molecule has 0 bridgehead atoms. The lowest BCUT2D eigenvalue weighted by Gasteiger charge is -2.28. The number of anilines is 2. The monoisotopic (exact) mass is 450 g/mol. The van der Waals surface area contributed by atoms with Crippen molar-refractivity contribution in [2.45, 2.75) is 32.7 Å². The van der Waals surface area contributed by atoms with Gasteiger partial charge in [-0.25, -0.2) is 4.98 Å². The maximum atomic E-state index is 12.9. The third-order valence-electron chi connectivity index (χ3n) is 6.36. The summed E-state index contributed by atoms with van der Waals surface area (Å²) in [6.07, 6.45) is 1.59. The van der Waals surface area contributed by atoms with Gasteiger partial charge in [-0.05, 0) is 50.5 Å². The predicted octanol–water partition coefficient (Wildman–Crippen LogP) is 3.34. The third kappa shape index (κ3) is 3.79. The molecule has 0 radical (unpaired) electrons. The lowest BCUT2D eigenvalue weighted by Crippen LogP contribution is -2.42. The summed E-state index contributed by atoms with van der Waals surface area (Å²) in [5.74, 6) is 1.03. The number of nitrogens with two attached hydrogens (primary N) is 1. The molecule has 2 aromatic heterocycles. The number of carbonyl (C=O) groups is 2. The van der Waals surface area contributed by atoms with Crippen LogP contribution in [0.5, 0.6) is 5.75 Å². The minimum atomic E-state index is -0.191. The van der Waals surface area contributed by atoms with Crippen LogP contribution in [0.25, 0.3) is 10.2 Å². The number of amides is 1. The number of rotatable bonds is 4. The highest BCUT2D eigenvalue weighted by Gasteiger charge is 2.28. The van der Waals surface area contributed by atoms with E-state index in [1.807, 2.05) is 25.1 Å². The van der Waals surface area contributed by atoms with Crippen molar-refractivity contribution >= 4 is 44.6 Å². The van der Waals surface area contributed by atoms with Crippen LogP contribution in [0.2, 0.25) is 0 Å². The van der Waals surface area contributed by atoms with Crippen LogP contribution in [0.4, 0.5) is 11.4 Å². The van der Waals surface area contributed by atoms with E-state index in [-0.39, 0.29) is 23.7 Å². The second-order valence-electron chi connectivity index (χ2n) is 8.67. The number of fused-ring (bicyclic) bond motifs is 2. The number of thiophene rings is 1. The van der Waals surface area contributed by atoms with Crippen LogP contribution < -0.4 is 20.7 Å². The van der Waals surface area contributed by atoms with Crippen LogP contribution in [-0.4, -0.2) is 42.4 Å². The van der Waals surface area contributed by atoms with Gasteiger partial charge in [-0.2, -0.15) is 0 Å². The Bertz CT molecular complexity index is 1220. The van der Waals surface area contributed by atoms with Crippen LogP contribution in [0.3, 0.4) is 0 Å². The second-order valence-corrected chi connectivity index (χ2v) is 9.67. The summed E-state index contributed by atoms with van der Waals surface area (Å²) in [7, 11) is 0. The summed E-state index contributed by atoms with van der Waals surface area (Å²) in [5, 5.41) is 3.89. The zero-order valence-electron chi connectivity index (χ0n) is 18.2. The Morgan fingerprint density at radius 3 is 2.91 bits per heavy atom. The fourth-order valence-corrected chi connectivity index (χ4v) is 5.53. The van der Waals surface area contributed by atoms with Crippen molar-refractivity contribution in [2.24, 2.45) is 5.92 Å². The third-order valence-corrected chi connectivity index (χ3v) is 7.47. The molecule has 166 valence electrons. The number of hydrogen-bond donors (Lipinski definition) is 2. The highest BCUT2D eigenvalue weighted by molar-refractivity contribution is 7.21. The molecule has 2 aliphatic rings. The topological polar surface area (TPSA) is 97.5 Å². The summed E-state index contributed by atoms with van der Waals surface area (Å²) in [5.41, 5.74) is 9.75. The zero-order valence-corrected chi connectivity index (χ0v) is 19.0. The van der Waals surface area contributed by atoms with E-state index >= 15 is 0 Å². The molecule has 0 aliphatic carbocycles. The second kappa shape index (κ2) is 8.09. The van der Waals surface area contributed by atoms with Gasteiger partial charge in [-0.15, -0.1) is 11.3 Å². The molecular weight excluding hydrogens is 424 g/mol. The lowest BCUT2D eigenvalue weighted by molar-refractivity contribution is -0.120. The molecule has 1 amide bonds. The molecule has 8 heteroatoms. The molecule has 3 N–H and O–H groups in total. The summed E-state index contributed by atoms with van der Waals surface area (Å²) in [6.45, 7) is 5.64. The number of aromatic nitrogens is 1. The zero-order chi connectivity index (χ0) is 22.4. The maximum Gasteiger partial charge on any atom is 0.263 e. The number of benzene rings is 1. The van der Waals surface area contributed by atoms with Crippen molar-refractivity contribution in [1.29, 1.82) is 0 Å². The van der Waals surface area contributed by atoms with Gasteiger partial charge in [-0.3, -0.25) is 9.59 Å². The molecule has 1 saturated heterocycles. The van der Waals surface area contributed by atoms with Gasteiger partial charge in [0.05, 0.1) is 11.7 Å². The summed E-state index contributed by atoms with van der Waals surface area (Å²) >= 11 is 1.32. The highest BCUT2D eigenvalue weighted by atomic mass is 32.1. The molecule has 0 spiro atoms. The van der Waals surface area contributed by atoms with Gasteiger partial charge in [0, 0.05) is 41.8 Å². The van der Waals surface area contributed by atoms with Crippen LogP contribution in [-0.2, 0) is 11.2 Å². The Morgan fingerprint density at radius 1 is 1.28 bits per heavy atom. The minimum absolute atomic E-state index is 0.118. The number of nitrogens with zero attached hydrogens (tertiary/aromatic N) is 2. The number of nitrogen functional groups attached to an aromatic ring is 1. The van der Waals surface area contributed by atoms with Crippen molar-refractivity contribution in [2.75, 3.05) is 30.3 Å². The summed E-state index contributed by atoms with van der Waals surface area (Å²) in [6, 6.07) is 9.87. The Kier molecular flexibility index (Phi) is 5.25. The molecule has 5 rings (SSSR count). The van der Waals surface area contributed by atoms with Crippen molar-refractivity contribution in [3.63, 3.8) is 0 Å². The Balaban J connectivity index is 1.27. The molecule has 2 atom stereocenters. The van der Waals surface area contributed by atoms with Gasteiger partial charge in [0.1, 0.15) is 27.8 Å². The molecule has 0 unspecified atom stereocenters. The number of ketones is 1. The molecule has 32 heavy (non-hydrogen) atoms. The molecule has 1 fully saturated rings. The van der Waals surface area contributed by atoms with Gasteiger partial charge in [0.2, 0.25) is 0 Å². The number of ether oxygens (including phenoxy) is 1. The smallest absolute Gasteiger partial charge is 0.263 e. The van der Waals surface area contributed by atoms with Gasteiger partial charge in [0.25, 0.3) is 5.91 Å². The standard InChI is InChI=1S/C24H26N4O3S/c1-13-3-6-19-21(25)22(32-24(19)26-13)23(30)27-17-9-15-4-5-18(10-20(15)31-12-17)28-8-7-16(11-28)14(2)29/h3-6,10,16-17H,7-9,11-12,25H2,1-2H3,(H,27,30)/t16-,17+/m0/s1. The van der Waals surface area contributed by atoms with Crippen LogP contribution >= 0.6 is 11.3 Å². The SMILES string of the molecule is CC(=O)[C@H]1CCN(c2ccc3c(c2)OC[C@H](NC(=O)c2sc4nc(C)ccc4c2N)C3)C1. The van der Waals surface area contributed by atoms with Crippen LogP contribution in [0, 0.1) is 12.8 Å². The number of Topliss-reactive ketones (excluding diaryl/α,β-unsaturated/α-hetero) is 1. The van der Waals surface area contributed by atoms with Crippen molar-refractivity contribution < 1.29 is 14.3 Å². The molecule has 0 saturated carbocycles. The molecule has 3 aromatic rings. The number of hydrogen-bond acceptors (Lipinski definition) is 7. The minimum Gasteiger partial charge on any atom is -0.491 e. The molecular formula is C24H26N4O3S. The largest absolute Gasteiger partial charge is 0.491 e. The Labute approximate surface area is 190 Å². The highest BCUT2D eigenvalue weighted by Crippen LogP contribution is 2.34. The lowest BCUT2D eigenvalue weighted by atomic mass is 10.0. The van der Waals surface area contributed by atoms with Crippen molar-refractivity contribution in [1.82, 2.24) is 10.3 Å². The first kappa shape index (κ1) is 20.8. The van der Waals surface area contributed by atoms with E-state index in [1.165, 1.54) is 11.3 Å². The first-order valence-corrected chi connectivity index (χ1v) is 11.7. The number of aryl methyl sites for hydroxylation is 1. The fraction of sp³-hybridized carbons (Fsp3) is 0.375. The number of carbonyl (C=O) groups excluding carboxylic acids is 2. The molecule has 4 heterocycles. The van der Waals surface area contributed by atoms with Crippen LogP contribution in [0.15, 0.2) is 30.3 Å². The van der Waals surface area contributed by atoms with E-state index in [4.69, 9.17) is 10.5 Å². The number of pyridine rings is 1. The van der Waals surface area contributed by atoms with Crippen molar-refractivity contribution in [3.05, 3.63) is 46.5 Å². The summed E-state index contributed by atoms with van der Waals surface area (Å²) < 4.78 is 6.00. The van der Waals surface area contributed by atoms with E-state index in [0.29, 0.717) is 23.6 Å². The predicted molar refractivity (Wildman–Crippen MR) is 127 cm³/mol. The van der Waals surface area contributed by atoms with E-state index in [1.54, 1.807) is 6.92 Å². The molecule has 2 aliphatic heterocycles. The fourth-order valence-electron chi connectivity index (χ4n) is 4.49. The molecule has 1 aromatic carbocycles. The van der Waals surface area contributed by atoms with E-state index in [0.717, 1.165) is 52.4 Å². The Morgan fingerprint density at radius 2 is 2.12 bits per heavy atom. The van der Waals surface area contributed by atoms with E-state index in [9.17, 15) is 9.59 Å². The first-order valence-electron chi connectivity index (χ1n) is 10.9. The quantitative estimate of drug-likeness (QED) is 0.633. The van der Waals surface area contributed by atoms with Gasteiger partial charge in [-0.1, -0.05) is 6.07 Å². The van der Waals surface area contributed by atoms with E-state index in [2.05, 4.69) is 27.3 Å². The number of nitrogens with one attached hydrogen (secondary N) is 1. The first-order chi connectivity index (χ1) is 15.4. The average Bonchev–Trinajstić information content (AvgIpc) is 3.39. The normalized spacial score (nSPS) is 20.1.